The number of hydrogen-bond donors (Lipinski definition) is 2. The highest BCUT2D eigenvalue weighted by Gasteiger charge is 2.48. The molecule has 2 saturated heterocycles. The number of methoxy groups -OCH3 is 3. The van der Waals surface area contributed by atoms with E-state index < -0.39 is 35.7 Å². The summed E-state index contributed by atoms with van der Waals surface area (Å²) in [4.78, 5) is 31.6. The summed E-state index contributed by atoms with van der Waals surface area (Å²) in [6.45, 7) is 1.30. The number of aliphatic imine (C=N–C) groups is 1. The van der Waals surface area contributed by atoms with Crippen LogP contribution in [0.2, 0.25) is 0 Å². The Hall–Kier alpha value is -5.12. The molecule has 0 spiro atoms. The number of benzene rings is 3. The molecule has 2 fully saturated rings. The fourth-order valence-electron chi connectivity index (χ4n) is 7.02. The summed E-state index contributed by atoms with van der Waals surface area (Å²) < 4.78 is 37.7. The first-order valence-corrected chi connectivity index (χ1v) is 17.5. The summed E-state index contributed by atoms with van der Waals surface area (Å²) >= 11 is 0. The van der Waals surface area contributed by atoms with Crippen molar-refractivity contribution in [3.63, 3.8) is 0 Å². The van der Waals surface area contributed by atoms with Gasteiger partial charge in [-0.2, -0.15) is 9.98 Å². The van der Waals surface area contributed by atoms with Gasteiger partial charge in [0.25, 0.3) is 5.56 Å². The van der Waals surface area contributed by atoms with Crippen molar-refractivity contribution in [1.29, 1.82) is 0 Å². The minimum atomic E-state index is -1.15. The lowest BCUT2D eigenvalue weighted by molar-refractivity contribution is -0.0970. The number of imidazole rings is 1. The molecule has 4 heterocycles. The molecule has 14 heteroatoms. The molecule has 14 nitrogen and oxygen atoms in total. The van der Waals surface area contributed by atoms with Crippen molar-refractivity contribution < 1.29 is 33.5 Å². The summed E-state index contributed by atoms with van der Waals surface area (Å²) in [5.41, 5.74) is 1.31. The van der Waals surface area contributed by atoms with Crippen molar-refractivity contribution in [1.82, 2.24) is 24.4 Å². The van der Waals surface area contributed by atoms with Gasteiger partial charge in [-0.15, -0.1) is 0 Å². The maximum Gasteiger partial charge on any atom is 0.280 e. The first kappa shape index (κ1) is 36.2. The van der Waals surface area contributed by atoms with Gasteiger partial charge in [-0.1, -0.05) is 54.6 Å². The van der Waals surface area contributed by atoms with Crippen molar-refractivity contribution in [3.05, 3.63) is 112 Å². The molecule has 4 atom stereocenters. The van der Waals surface area contributed by atoms with Crippen LogP contribution < -0.4 is 15.0 Å². The number of likely N-dealkylation sites (tertiary alicyclic amines) is 1. The Morgan fingerprint density at radius 3 is 2.21 bits per heavy atom. The second-order valence-electron chi connectivity index (χ2n) is 13.0. The Morgan fingerprint density at radius 1 is 0.943 bits per heavy atom. The predicted octanol–water partition coefficient (Wildman–Crippen LogP) is 4.19. The largest absolute Gasteiger partial charge is 0.497 e. The number of H-pyrrole nitrogens is 1. The summed E-state index contributed by atoms with van der Waals surface area (Å²) in [6.07, 6.45) is -0.605. The average molecular weight is 725 g/mol. The van der Waals surface area contributed by atoms with E-state index in [9.17, 15) is 9.90 Å². The van der Waals surface area contributed by atoms with Gasteiger partial charge in [0.1, 0.15) is 41.2 Å². The van der Waals surface area contributed by atoms with Crippen LogP contribution in [0.25, 0.3) is 11.2 Å². The Kier molecular flexibility index (Phi) is 10.8. The van der Waals surface area contributed by atoms with E-state index in [1.54, 1.807) is 25.9 Å². The summed E-state index contributed by atoms with van der Waals surface area (Å²) in [6, 6.07) is 25.3. The Bertz CT molecular complexity index is 2020. The third-order valence-electron chi connectivity index (χ3n) is 9.81. The van der Waals surface area contributed by atoms with Crippen molar-refractivity contribution >= 4 is 22.9 Å². The first-order chi connectivity index (χ1) is 25.9. The molecule has 0 bridgehead atoms. The molecule has 278 valence electrons. The minimum Gasteiger partial charge on any atom is -0.497 e. The van der Waals surface area contributed by atoms with Gasteiger partial charge >= 0.3 is 0 Å². The van der Waals surface area contributed by atoms with Crippen molar-refractivity contribution in [2.45, 2.75) is 43.0 Å². The van der Waals surface area contributed by atoms with E-state index >= 15 is 0 Å². The van der Waals surface area contributed by atoms with E-state index in [-0.39, 0.29) is 30.3 Å². The number of nitrogens with zero attached hydrogens (tertiary/aromatic N) is 5. The number of hydrogen-bond acceptors (Lipinski definition) is 11. The minimum absolute atomic E-state index is 0.0549. The van der Waals surface area contributed by atoms with Gasteiger partial charge in [-0.05, 0) is 47.4 Å². The van der Waals surface area contributed by atoms with Crippen molar-refractivity contribution in [2.75, 3.05) is 54.7 Å². The number of amidine groups is 1. The average Bonchev–Trinajstić information content (AvgIpc) is 3.89. The van der Waals surface area contributed by atoms with Gasteiger partial charge in [-0.25, -0.2) is 4.98 Å². The number of aliphatic hydroxyl groups is 1. The van der Waals surface area contributed by atoms with Gasteiger partial charge in [-0.3, -0.25) is 14.3 Å². The molecule has 53 heavy (non-hydrogen) atoms. The van der Waals surface area contributed by atoms with Gasteiger partial charge in [0, 0.05) is 27.1 Å². The monoisotopic (exact) mass is 724 g/mol. The molecule has 0 amide bonds. The quantitative estimate of drug-likeness (QED) is 0.125. The molecule has 2 aliphatic rings. The van der Waals surface area contributed by atoms with Crippen LogP contribution in [0.4, 0.5) is 5.95 Å². The first-order valence-electron chi connectivity index (χ1n) is 17.5. The maximum atomic E-state index is 13.2. The van der Waals surface area contributed by atoms with Crippen LogP contribution in [-0.2, 0) is 24.5 Å². The van der Waals surface area contributed by atoms with E-state index in [1.807, 2.05) is 90.8 Å². The van der Waals surface area contributed by atoms with Crippen molar-refractivity contribution in [2.24, 2.45) is 4.99 Å². The molecule has 0 unspecified atom stereocenters. The van der Waals surface area contributed by atoms with Gasteiger partial charge < -0.3 is 38.4 Å². The molecule has 0 saturated carbocycles. The van der Waals surface area contributed by atoms with Crippen LogP contribution in [0.1, 0.15) is 35.8 Å². The summed E-state index contributed by atoms with van der Waals surface area (Å²) in [7, 11) is 6.78. The van der Waals surface area contributed by atoms with E-state index in [0.717, 1.165) is 41.9 Å². The second kappa shape index (κ2) is 15.9. The third-order valence-corrected chi connectivity index (χ3v) is 9.81. The highest BCUT2D eigenvalue weighted by Crippen LogP contribution is 2.43. The number of aromatic nitrogens is 4. The summed E-state index contributed by atoms with van der Waals surface area (Å²) in [5.74, 6) is 2.39. The van der Waals surface area contributed by atoms with E-state index in [4.69, 9.17) is 28.4 Å². The molecule has 3 aromatic carbocycles. The lowest BCUT2D eigenvalue weighted by atomic mass is 9.80. The zero-order chi connectivity index (χ0) is 37.0. The lowest BCUT2D eigenvalue weighted by Crippen LogP contribution is -2.40. The van der Waals surface area contributed by atoms with E-state index in [1.165, 1.54) is 6.33 Å². The molecule has 2 aromatic heterocycles. The van der Waals surface area contributed by atoms with Gasteiger partial charge in [0.05, 0.1) is 40.4 Å². The van der Waals surface area contributed by atoms with Crippen LogP contribution in [0.5, 0.6) is 11.5 Å². The van der Waals surface area contributed by atoms with Crippen LogP contribution >= 0.6 is 0 Å². The van der Waals surface area contributed by atoms with Gasteiger partial charge in [0.15, 0.2) is 17.4 Å². The second-order valence-corrected chi connectivity index (χ2v) is 13.0. The molecule has 0 aliphatic carbocycles. The Labute approximate surface area is 306 Å². The highest BCUT2D eigenvalue weighted by atomic mass is 16.6. The smallest absolute Gasteiger partial charge is 0.280 e. The van der Waals surface area contributed by atoms with Crippen LogP contribution in [-0.4, -0.2) is 108 Å². The van der Waals surface area contributed by atoms with Crippen LogP contribution in [0, 0.1) is 0 Å². The topological polar surface area (TPSA) is 155 Å². The number of aromatic amines is 1. The highest BCUT2D eigenvalue weighted by molar-refractivity contribution is 5.86. The van der Waals surface area contributed by atoms with Gasteiger partial charge in [0.2, 0.25) is 5.95 Å². The Balaban J connectivity index is 1.27. The number of fused-ring (bicyclic) bond motifs is 1. The SMILES string of the molecule is COCCO[C@@H]1[C@H](O)[C@@H](COC(c2ccccc2)(c2ccc(OC)cc2)c2ccc(OC)cc2)O[C@H]1n1cnc2c(=O)[nH]c(/N=C3\CCCN3C)nc21. The molecule has 5 aromatic rings. The lowest BCUT2D eigenvalue weighted by Gasteiger charge is -2.37. The van der Waals surface area contributed by atoms with Crippen LogP contribution in [0.3, 0.4) is 0 Å². The molecule has 0 radical (unpaired) electrons. The Morgan fingerprint density at radius 2 is 1.60 bits per heavy atom. The van der Waals surface area contributed by atoms with E-state index in [0.29, 0.717) is 18.1 Å². The molecular formula is C39H44N6O8. The van der Waals surface area contributed by atoms with Crippen LogP contribution in [0.15, 0.2) is 95.0 Å². The number of rotatable bonds is 14. The zero-order valence-corrected chi connectivity index (χ0v) is 30.2. The number of nitrogens with one attached hydrogen (secondary N) is 1. The molecule has 2 N–H and O–H groups in total. The number of ether oxygens (including phenoxy) is 6. The number of aliphatic hydroxyl groups excluding tert-OH is 1. The predicted molar refractivity (Wildman–Crippen MR) is 197 cm³/mol. The fourth-order valence-corrected chi connectivity index (χ4v) is 7.02. The molecular weight excluding hydrogens is 680 g/mol. The zero-order valence-electron chi connectivity index (χ0n) is 30.2. The standard InChI is InChI=1S/C39H44N6O8/c1-44-20-8-11-31(44)41-38-42-35-32(36(47)43-38)40-24-45(35)37-34(51-22-21-48-2)33(46)30(53-37)23-52-39(25-9-6-5-7-10-25,26-12-16-28(49-3)17-13-26)27-14-18-29(50-4)19-15-27/h5-7,9-10,12-19,24,30,33-34,37,46H,8,11,20-23H2,1-4H3,(H,42,43,47)/b41-31+/t30-,33-,34-,37-/m1/s1. The van der Waals surface area contributed by atoms with Crippen molar-refractivity contribution in [3.8, 4) is 11.5 Å². The fraction of sp³-hybridized carbons (Fsp3) is 0.385. The molecule has 2 aliphatic heterocycles. The van der Waals surface area contributed by atoms with E-state index in [2.05, 4.69) is 19.9 Å². The normalized spacial score (nSPS) is 21.2. The molecule has 7 rings (SSSR count). The summed E-state index contributed by atoms with van der Waals surface area (Å²) in [5, 5.41) is 11.9. The third kappa shape index (κ3) is 7.15. The maximum absolute atomic E-state index is 13.2.